The van der Waals surface area contributed by atoms with Gasteiger partial charge >= 0.3 is 0 Å². The number of methoxy groups -OCH3 is 1. The Labute approximate surface area is 197 Å². The van der Waals surface area contributed by atoms with Crippen LogP contribution in [0.4, 0.5) is 11.6 Å². The smallest absolute Gasteiger partial charge is 0.258 e. The number of imidazole rings is 1. The highest BCUT2D eigenvalue weighted by Crippen LogP contribution is 2.23. The first kappa shape index (κ1) is 23.7. The van der Waals surface area contributed by atoms with E-state index < -0.39 is 0 Å². The van der Waals surface area contributed by atoms with Crippen molar-refractivity contribution >= 4 is 34.6 Å². The van der Waals surface area contributed by atoms with Crippen molar-refractivity contribution in [3.8, 4) is 0 Å². The van der Waals surface area contributed by atoms with Gasteiger partial charge in [0.05, 0.1) is 5.56 Å². The molecule has 10 heteroatoms. The number of fused-ring (bicyclic) bond motifs is 1. The first-order valence-corrected chi connectivity index (χ1v) is 11.4. The van der Waals surface area contributed by atoms with Crippen LogP contribution in [0.3, 0.4) is 0 Å². The van der Waals surface area contributed by atoms with Crippen molar-refractivity contribution in [1.29, 1.82) is 0 Å². The fourth-order valence-electron chi connectivity index (χ4n) is 4.24. The molecular formula is C24H30N6O4. The summed E-state index contributed by atoms with van der Waals surface area (Å²) in [5, 5.41) is 12.3. The second kappa shape index (κ2) is 10.6. The summed E-state index contributed by atoms with van der Waals surface area (Å²) in [6.07, 6.45) is 4.02. The molecule has 1 atom stereocenters. The maximum Gasteiger partial charge on any atom is 0.258 e. The number of rotatable bonds is 8. The number of ether oxygens (including phenoxy) is 1. The number of nitrogens with two attached hydrogens (primary N) is 1. The average Bonchev–Trinajstić information content (AvgIpc) is 3.19. The maximum atomic E-state index is 13.1. The van der Waals surface area contributed by atoms with E-state index in [0.29, 0.717) is 66.6 Å². The molecular weight excluding hydrogens is 436 g/mol. The molecule has 1 saturated heterocycles. The molecule has 180 valence electrons. The Morgan fingerprint density at radius 2 is 2.15 bits per heavy atom. The SMILES string of the molecule is COCCCn1c(NC(=O)c2cccc(N)c2)nc2cc(C(=O)N3CCCC(CO)C3)cnc21. The third kappa shape index (κ3) is 5.18. The van der Waals surface area contributed by atoms with Crippen molar-refractivity contribution in [2.45, 2.75) is 25.8 Å². The molecule has 2 amide bonds. The van der Waals surface area contributed by atoms with Gasteiger partial charge in [0.15, 0.2) is 5.65 Å². The van der Waals surface area contributed by atoms with Crippen molar-refractivity contribution in [2.75, 3.05) is 44.5 Å². The van der Waals surface area contributed by atoms with E-state index in [4.69, 9.17) is 10.5 Å². The minimum absolute atomic E-state index is 0.0725. The number of carbonyl (C=O) groups excluding carboxylic acids is 2. The number of hydrogen-bond donors (Lipinski definition) is 3. The Hall–Kier alpha value is -3.50. The van der Waals surface area contributed by atoms with Gasteiger partial charge in [-0.25, -0.2) is 9.97 Å². The molecule has 0 aliphatic carbocycles. The van der Waals surface area contributed by atoms with Crippen LogP contribution in [-0.2, 0) is 11.3 Å². The molecule has 4 N–H and O–H groups in total. The largest absolute Gasteiger partial charge is 0.399 e. The highest BCUT2D eigenvalue weighted by molar-refractivity contribution is 6.04. The standard InChI is InChI=1S/C24H30N6O4/c1-34-10-4-9-30-21-20(27-24(30)28-22(32)17-6-2-7-19(25)11-17)12-18(13-26-21)23(33)29-8-3-5-16(14-29)15-31/h2,6-7,11-13,16,31H,3-5,8-10,14-15,25H2,1H3,(H,27,28,32). The van der Waals surface area contributed by atoms with Gasteiger partial charge < -0.3 is 20.5 Å². The first-order valence-electron chi connectivity index (χ1n) is 11.4. The van der Waals surface area contributed by atoms with Gasteiger partial charge in [-0.15, -0.1) is 0 Å². The van der Waals surface area contributed by atoms with Gasteiger partial charge in [0.2, 0.25) is 5.95 Å². The summed E-state index contributed by atoms with van der Waals surface area (Å²) in [5.74, 6) is -0.0285. The molecule has 1 aromatic carbocycles. The lowest BCUT2D eigenvalue weighted by atomic mass is 9.98. The number of amides is 2. The molecule has 1 unspecified atom stereocenters. The number of anilines is 2. The second-order valence-corrected chi connectivity index (χ2v) is 8.52. The number of nitrogen functional groups attached to an aromatic ring is 1. The fraction of sp³-hybridized carbons (Fsp3) is 0.417. The van der Waals surface area contributed by atoms with Gasteiger partial charge in [0, 0.05) is 57.4 Å². The Morgan fingerprint density at radius 1 is 1.29 bits per heavy atom. The molecule has 10 nitrogen and oxygen atoms in total. The number of nitrogens with zero attached hydrogens (tertiary/aromatic N) is 4. The van der Waals surface area contributed by atoms with Gasteiger partial charge in [-0.3, -0.25) is 19.5 Å². The number of benzene rings is 1. The van der Waals surface area contributed by atoms with Crippen molar-refractivity contribution in [3.63, 3.8) is 0 Å². The van der Waals surface area contributed by atoms with Gasteiger partial charge in [0.1, 0.15) is 5.52 Å². The number of carbonyl (C=O) groups is 2. The maximum absolute atomic E-state index is 13.1. The quantitative estimate of drug-likeness (QED) is 0.342. The second-order valence-electron chi connectivity index (χ2n) is 8.52. The first-order chi connectivity index (χ1) is 16.5. The van der Waals surface area contributed by atoms with Crippen LogP contribution in [0, 0.1) is 5.92 Å². The zero-order valence-corrected chi connectivity index (χ0v) is 19.2. The Balaban J connectivity index is 1.62. The van der Waals surface area contributed by atoms with E-state index in [9.17, 15) is 14.7 Å². The van der Waals surface area contributed by atoms with E-state index >= 15 is 0 Å². The zero-order valence-electron chi connectivity index (χ0n) is 19.2. The van der Waals surface area contributed by atoms with Gasteiger partial charge in [-0.05, 0) is 49.4 Å². The van der Waals surface area contributed by atoms with E-state index in [1.165, 1.54) is 0 Å². The number of aromatic nitrogens is 3. The van der Waals surface area contributed by atoms with Crippen molar-refractivity contribution in [1.82, 2.24) is 19.4 Å². The lowest BCUT2D eigenvalue weighted by Crippen LogP contribution is -2.41. The Kier molecular flexibility index (Phi) is 7.39. The van der Waals surface area contributed by atoms with E-state index in [1.807, 2.05) is 4.57 Å². The zero-order chi connectivity index (χ0) is 24.1. The van der Waals surface area contributed by atoms with Crippen LogP contribution in [0.5, 0.6) is 0 Å². The molecule has 0 bridgehead atoms. The van der Waals surface area contributed by atoms with Crippen LogP contribution in [0.15, 0.2) is 36.5 Å². The number of nitrogens with one attached hydrogen (secondary N) is 1. The molecule has 34 heavy (non-hydrogen) atoms. The van der Waals surface area contributed by atoms with E-state index in [2.05, 4.69) is 15.3 Å². The summed E-state index contributed by atoms with van der Waals surface area (Å²) < 4.78 is 6.98. The number of likely N-dealkylation sites (tertiary alicyclic amines) is 1. The molecule has 4 rings (SSSR count). The third-order valence-corrected chi connectivity index (χ3v) is 6.00. The normalized spacial score (nSPS) is 16.1. The van der Waals surface area contributed by atoms with Crippen LogP contribution in [0.25, 0.3) is 11.2 Å². The van der Waals surface area contributed by atoms with Crippen LogP contribution in [0.1, 0.15) is 40.0 Å². The van der Waals surface area contributed by atoms with E-state index in [1.54, 1.807) is 48.5 Å². The molecule has 0 radical (unpaired) electrons. The topological polar surface area (TPSA) is 136 Å². The summed E-state index contributed by atoms with van der Waals surface area (Å²) in [6.45, 7) is 2.32. The summed E-state index contributed by atoms with van der Waals surface area (Å²) in [5.41, 5.74) is 8.24. The Morgan fingerprint density at radius 3 is 2.91 bits per heavy atom. The number of aliphatic hydroxyl groups excluding tert-OH is 1. The van der Waals surface area contributed by atoms with Crippen molar-refractivity contribution in [2.24, 2.45) is 5.92 Å². The van der Waals surface area contributed by atoms with Crippen LogP contribution < -0.4 is 11.1 Å². The average molecular weight is 467 g/mol. The molecule has 3 aromatic rings. The molecule has 0 saturated carbocycles. The minimum atomic E-state index is -0.338. The van der Waals surface area contributed by atoms with Crippen molar-refractivity contribution < 1.29 is 19.4 Å². The molecule has 2 aromatic heterocycles. The molecule has 1 aliphatic rings. The summed E-state index contributed by atoms with van der Waals surface area (Å²) in [6, 6.07) is 8.41. The fourth-order valence-corrected chi connectivity index (χ4v) is 4.24. The number of pyridine rings is 1. The van der Waals surface area contributed by atoms with Crippen LogP contribution >= 0.6 is 0 Å². The third-order valence-electron chi connectivity index (χ3n) is 6.00. The molecule has 0 spiro atoms. The van der Waals surface area contributed by atoms with Crippen molar-refractivity contribution in [3.05, 3.63) is 47.7 Å². The number of aliphatic hydroxyl groups is 1. The van der Waals surface area contributed by atoms with Gasteiger partial charge in [-0.1, -0.05) is 6.07 Å². The number of piperidine rings is 1. The van der Waals surface area contributed by atoms with Gasteiger partial charge in [-0.2, -0.15) is 0 Å². The predicted octanol–water partition coefficient (Wildman–Crippen LogP) is 2.15. The monoisotopic (exact) mass is 466 g/mol. The number of aryl methyl sites for hydroxylation is 1. The summed E-state index contributed by atoms with van der Waals surface area (Å²) in [4.78, 5) is 36.8. The highest BCUT2D eigenvalue weighted by atomic mass is 16.5. The lowest BCUT2D eigenvalue weighted by Gasteiger charge is -2.31. The molecule has 1 fully saturated rings. The summed E-state index contributed by atoms with van der Waals surface area (Å²) >= 11 is 0. The molecule has 3 heterocycles. The summed E-state index contributed by atoms with van der Waals surface area (Å²) in [7, 11) is 1.63. The molecule has 1 aliphatic heterocycles. The Bertz CT molecular complexity index is 1180. The lowest BCUT2D eigenvalue weighted by molar-refractivity contribution is 0.0620. The highest BCUT2D eigenvalue weighted by Gasteiger charge is 2.25. The van der Waals surface area contributed by atoms with Gasteiger partial charge in [0.25, 0.3) is 11.8 Å². The van der Waals surface area contributed by atoms with E-state index in [0.717, 1.165) is 12.8 Å². The predicted molar refractivity (Wildman–Crippen MR) is 129 cm³/mol. The van der Waals surface area contributed by atoms with Crippen LogP contribution in [0.2, 0.25) is 0 Å². The van der Waals surface area contributed by atoms with E-state index in [-0.39, 0.29) is 24.3 Å². The van der Waals surface area contributed by atoms with Crippen LogP contribution in [-0.4, -0.2) is 69.8 Å². The minimum Gasteiger partial charge on any atom is -0.399 e. The number of hydrogen-bond acceptors (Lipinski definition) is 7.